The summed E-state index contributed by atoms with van der Waals surface area (Å²) in [6.45, 7) is 4.79. The molecule has 0 atom stereocenters. The molecule has 7 heteroatoms. The molecule has 0 aliphatic rings. The molecule has 1 heterocycles. The molecule has 0 fully saturated rings. The summed E-state index contributed by atoms with van der Waals surface area (Å²) in [4.78, 5) is 24.8. The Hall–Kier alpha value is -3.32. The summed E-state index contributed by atoms with van der Waals surface area (Å²) in [6.07, 6.45) is 0. The molecule has 0 aliphatic heterocycles. The van der Waals surface area contributed by atoms with Crippen molar-refractivity contribution in [2.75, 3.05) is 6.61 Å². The van der Waals surface area contributed by atoms with Crippen molar-refractivity contribution in [2.24, 2.45) is 0 Å². The molecule has 1 aromatic heterocycles. The summed E-state index contributed by atoms with van der Waals surface area (Å²) < 4.78 is 11.1. The molecule has 0 spiro atoms. The molecule has 3 rings (SSSR count). The number of hydrogen-bond acceptors (Lipinski definition) is 5. The second-order valence-corrected chi connectivity index (χ2v) is 7.15. The van der Waals surface area contributed by atoms with Crippen LogP contribution in [0.15, 0.2) is 60.0 Å². The van der Waals surface area contributed by atoms with Gasteiger partial charge in [0.05, 0.1) is 11.5 Å². The van der Waals surface area contributed by atoms with Gasteiger partial charge in [0.15, 0.2) is 0 Å². The van der Waals surface area contributed by atoms with E-state index in [2.05, 4.69) is 10.9 Å². The molecule has 0 saturated carbocycles. The van der Waals surface area contributed by atoms with Crippen LogP contribution in [0.4, 0.5) is 0 Å². The Morgan fingerprint density at radius 2 is 1.48 bits per heavy atom. The van der Waals surface area contributed by atoms with E-state index in [0.717, 1.165) is 22.6 Å². The second kappa shape index (κ2) is 9.75. The third-order valence-corrected chi connectivity index (χ3v) is 5.13. The maximum atomic E-state index is 12.2. The summed E-state index contributed by atoms with van der Waals surface area (Å²) in [6, 6.07) is 16.3. The first-order valence-electron chi connectivity index (χ1n) is 9.16. The number of thiophene rings is 1. The minimum atomic E-state index is -0.383. The van der Waals surface area contributed by atoms with Gasteiger partial charge >= 0.3 is 0 Å². The third-order valence-electron chi connectivity index (χ3n) is 4.11. The minimum absolute atomic E-state index is 0.328. The minimum Gasteiger partial charge on any atom is -0.494 e. The molecule has 0 saturated heterocycles. The molecule has 3 aromatic rings. The number of rotatable bonds is 7. The first-order chi connectivity index (χ1) is 14.1. The van der Waals surface area contributed by atoms with Gasteiger partial charge in [-0.25, -0.2) is 0 Å². The summed E-state index contributed by atoms with van der Waals surface area (Å²) in [5.74, 6) is 0.830. The predicted molar refractivity (Wildman–Crippen MR) is 112 cm³/mol. The number of carbonyl (C=O) groups excluding carboxylic acids is 2. The molecule has 0 aliphatic carbocycles. The van der Waals surface area contributed by atoms with Gasteiger partial charge in [0.25, 0.3) is 11.8 Å². The van der Waals surface area contributed by atoms with Crippen molar-refractivity contribution < 1.29 is 19.1 Å². The van der Waals surface area contributed by atoms with Crippen LogP contribution in [0.1, 0.15) is 38.1 Å². The zero-order valence-electron chi connectivity index (χ0n) is 16.2. The highest BCUT2D eigenvalue weighted by molar-refractivity contribution is 7.12. The Morgan fingerprint density at radius 3 is 2.07 bits per heavy atom. The van der Waals surface area contributed by atoms with Crippen molar-refractivity contribution >= 4 is 23.2 Å². The lowest BCUT2D eigenvalue weighted by atomic mass is 10.1. The molecular formula is C22H22N2O4S. The number of nitrogens with one attached hydrogen (secondary N) is 2. The highest BCUT2D eigenvalue weighted by atomic mass is 32.1. The fraction of sp³-hybridized carbons (Fsp3) is 0.182. The Kier molecular flexibility index (Phi) is 6.86. The summed E-state index contributed by atoms with van der Waals surface area (Å²) >= 11 is 1.33. The predicted octanol–water partition coefficient (Wildman–Crippen LogP) is 4.11. The van der Waals surface area contributed by atoms with Gasteiger partial charge < -0.3 is 9.47 Å². The quantitative estimate of drug-likeness (QED) is 0.575. The standard InChI is InChI=1S/C22H22N2O4S/c1-3-27-18-8-10-19(11-9-18)28-14-16-4-6-17(7-5-16)21(25)23-24-22(26)20-15(2)12-13-29-20/h4-13H,3,14H2,1-2H3,(H,23,25)(H,24,26). The smallest absolute Gasteiger partial charge is 0.280 e. The van der Waals surface area contributed by atoms with Crippen molar-refractivity contribution in [3.63, 3.8) is 0 Å². The largest absolute Gasteiger partial charge is 0.494 e. The molecule has 6 nitrogen and oxygen atoms in total. The fourth-order valence-electron chi connectivity index (χ4n) is 2.57. The van der Waals surface area contributed by atoms with Crippen LogP contribution in [0.5, 0.6) is 11.5 Å². The van der Waals surface area contributed by atoms with Crippen LogP contribution in [0, 0.1) is 6.92 Å². The van der Waals surface area contributed by atoms with Crippen molar-refractivity contribution in [3.05, 3.63) is 81.5 Å². The molecular weight excluding hydrogens is 388 g/mol. The number of hydrazine groups is 1. The normalized spacial score (nSPS) is 10.3. The number of amides is 2. The highest BCUT2D eigenvalue weighted by Crippen LogP contribution is 2.19. The zero-order chi connectivity index (χ0) is 20.6. The van der Waals surface area contributed by atoms with Crippen molar-refractivity contribution in [3.8, 4) is 11.5 Å². The van der Waals surface area contributed by atoms with Gasteiger partial charge in [0.2, 0.25) is 0 Å². The van der Waals surface area contributed by atoms with E-state index in [1.807, 2.05) is 61.7 Å². The van der Waals surface area contributed by atoms with Crippen LogP contribution in [-0.2, 0) is 6.61 Å². The van der Waals surface area contributed by atoms with Gasteiger partial charge in [-0.05, 0) is 72.8 Å². The third kappa shape index (κ3) is 5.58. The molecule has 0 radical (unpaired) electrons. The first-order valence-corrected chi connectivity index (χ1v) is 10.0. The maximum absolute atomic E-state index is 12.2. The lowest BCUT2D eigenvalue weighted by Gasteiger charge is -2.09. The molecule has 0 unspecified atom stereocenters. The zero-order valence-corrected chi connectivity index (χ0v) is 17.0. The number of carbonyl (C=O) groups is 2. The van der Waals surface area contributed by atoms with Gasteiger partial charge in [0.1, 0.15) is 18.1 Å². The number of ether oxygens (including phenoxy) is 2. The summed E-state index contributed by atoms with van der Waals surface area (Å²) in [7, 11) is 0. The average Bonchev–Trinajstić information content (AvgIpc) is 3.18. The van der Waals surface area contributed by atoms with Gasteiger partial charge in [-0.3, -0.25) is 20.4 Å². The Bertz CT molecular complexity index is 965. The Labute approximate surface area is 173 Å². The highest BCUT2D eigenvalue weighted by Gasteiger charge is 2.12. The van der Waals surface area contributed by atoms with E-state index in [9.17, 15) is 9.59 Å². The molecule has 29 heavy (non-hydrogen) atoms. The van der Waals surface area contributed by atoms with Crippen molar-refractivity contribution in [2.45, 2.75) is 20.5 Å². The number of benzene rings is 2. The van der Waals surface area contributed by atoms with Crippen LogP contribution < -0.4 is 20.3 Å². The first kappa shape index (κ1) is 20.4. The second-order valence-electron chi connectivity index (χ2n) is 6.23. The van der Waals surface area contributed by atoms with Crippen molar-refractivity contribution in [1.29, 1.82) is 0 Å². The van der Waals surface area contributed by atoms with Crippen molar-refractivity contribution in [1.82, 2.24) is 10.9 Å². The average molecular weight is 410 g/mol. The fourth-order valence-corrected chi connectivity index (χ4v) is 3.39. The summed E-state index contributed by atoms with van der Waals surface area (Å²) in [5, 5.41) is 1.83. The lowest BCUT2D eigenvalue weighted by molar-refractivity contribution is 0.0848. The Balaban J connectivity index is 1.49. The van der Waals surface area contributed by atoms with E-state index in [0.29, 0.717) is 23.7 Å². The maximum Gasteiger partial charge on any atom is 0.280 e. The van der Waals surface area contributed by atoms with E-state index >= 15 is 0 Å². The van der Waals surface area contributed by atoms with Crippen LogP contribution >= 0.6 is 11.3 Å². The number of aryl methyl sites for hydroxylation is 1. The van der Waals surface area contributed by atoms with E-state index < -0.39 is 0 Å². The van der Waals surface area contributed by atoms with E-state index in [4.69, 9.17) is 9.47 Å². The molecule has 2 amide bonds. The van der Waals surface area contributed by atoms with E-state index in [1.165, 1.54) is 11.3 Å². The molecule has 0 bridgehead atoms. The Morgan fingerprint density at radius 1 is 0.862 bits per heavy atom. The molecule has 150 valence electrons. The topological polar surface area (TPSA) is 76.7 Å². The van der Waals surface area contributed by atoms with Crippen LogP contribution in [0.2, 0.25) is 0 Å². The SMILES string of the molecule is CCOc1ccc(OCc2ccc(C(=O)NNC(=O)c3sccc3C)cc2)cc1. The van der Waals surface area contributed by atoms with E-state index in [1.54, 1.807) is 12.1 Å². The van der Waals surface area contributed by atoms with Gasteiger partial charge in [-0.1, -0.05) is 12.1 Å². The van der Waals surface area contributed by atoms with Gasteiger partial charge in [-0.2, -0.15) is 0 Å². The molecule has 2 N–H and O–H groups in total. The summed E-state index contributed by atoms with van der Waals surface area (Å²) in [5.41, 5.74) is 7.11. The van der Waals surface area contributed by atoms with Crippen LogP contribution in [-0.4, -0.2) is 18.4 Å². The van der Waals surface area contributed by atoms with Crippen LogP contribution in [0.25, 0.3) is 0 Å². The van der Waals surface area contributed by atoms with Crippen LogP contribution in [0.3, 0.4) is 0 Å². The lowest BCUT2D eigenvalue weighted by Crippen LogP contribution is -2.41. The van der Waals surface area contributed by atoms with Gasteiger partial charge in [-0.15, -0.1) is 11.3 Å². The van der Waals surface area contributed by atoms with E-state index in [-0.39, 0.29) is 11.8 Å². The number of hydrogen-bond donors (Lipinski definition) is 2. The van der Waals surface area contributed by atoms with Gasteiger partial charge in [0, 0.05) is 5.56 Å². The monoisotopic (exact) mass is 410 g/mol. The molecule has 2 aromatic carbocycles.